The summed E-state index contributed by atoms with van der Waals surface area (Å²) < 4.78 is 5.49. The van der Waals surface area contributed by atoms with E-state index in [1.807, 2.05) is 18.2 Å². The number of nitrogens with two attached hydrogens (primary N) is 3. The van der Waals surface area contributed by atoms with Crippen LogP contribution < -0.4 is 26.8 Å². The number of ether oxygens (including phenoxy) is 1. The molecule has 2 saturated heterocycles. The Kier molecular flexibility index (Phi) is 7.91. The van der Waals surface area contributed by atoms with Crippen molar-refractivity contribution in [2.24, 2.45) is 17.2 Å². The van der Waals surface area contributed by atoms with Crippen LogP contribution in [0.4, 0.5) is 5.69 Å². The summed E-state index contributed by atoms with van der Waals surface area (Å²) in [7, 11) is 1.69. The molecule has 3 aliphatic rings. The first-order valence-electron chi connectivity index (χ1n) is 12.5. The van der Waals surface area contributed by atoms with E-state index in [2.05, 4.69) is 32.6 Å². The summed E-state index contributed by atoms with van der Waals surface area (Å²) in [6.45, 7) is 5.32. The van der Waals surface area contributed by atoms with Gasteiger partial charge in [0.15, 0.2) is 0 Å². The largest absolute Gasteiger partial charge is 0.497 e. The Bertz CT molecular complexity index is 726. The van der Waals surface area contributed by atoms with Gasteiger partial charge in [0, 0.05) is 30.4 Å². The highest BCUT2D eigenvalue weighted by molar-refractivity contribution is 5.52. The van der Waals surface area contributed by atoms with Gasteiger partial charge in [-0.1, -0.05) is 38.7 Å². The third-order valence-electron chi connectivity index (χ3n) is 7.79. The quantitative estimate of drug-likeness (QED) is 0.572. The smallest absolute Gasteiger partial charge is 0.139 e. The van der Waals surface area contributed by atoms with Crippen LogP contribution in [0.15, 0.2) is 24.3 Å². The molecule has 6 N–H and O–H groups in total. The van der Waals surface area contributed by atoms with E-state index in [1.165, 1.54) is 38.5 Å². The van der Waals surface area contributed by atoms with Gasteiger partial charge in [0.1, 0.15) is 24.6 Å². The second-order valence-electron chi connectivity index (χ2n) is 9.56. The van der Waals surface area contributed by atoms with Crippen molar-refractivity contribution in [3.63, 3.8) is 0 Å². The number of methoxy groups -OCH3 is 1. The van der Waals surface area contributed by atoms with Crippen molar-refractivity contribution in [3.05, 3.63) is 24.3 Å². The molecule has 4 rings (SSSR count). The maximum atomic E-state index is 6.97. The van der Waals surface area contributed by atoms with E-state index in [4.69, 9.17) is 21.9 Å². The molecule has 32 heavy (non-hydrogen) atoms. The molecule has 8 nitrogen and oxygen atoms in total. The van der Waals surface area contributed by atoms with Crippen molar-refractivity contribution in [2.75, 3.05) is 31.6 Å². The first-order valence-corrected chi connectivity index (χ1v) is 12.5. The van der Waals surface area contributed by atoms with Gasteiger partial charge < -0.3 is 15.4 Å². The van der Waals surface area contributed by atoms with E-state index in [0.29, 0.717) is 12.1 Å². The molecule has 180 valence electrons. The number of likely N-dealkylation sites (N-methyl/N-ethyl adjacent to an activating group) is 1. The van der Waals surface area contributed by atoms with Crippen molar-refractivity contribution in [1.29, 1.82) is 0 Å². The second kappa shape index (κ2) is 10.7. The number of benzene rings is 1. The lowest BCUT2D eigenvalue weighted by Gasteiger charge is -2.57. The van der Waals surface area contributed by atoms with Crippen molar-refractivity contribution in [2.45, 2.75) is 89.2 Å². The van der Waals surface area contributed by atoms with Gasteiger partial charge in [-0.2, -0.15) is 0 Å². The predicted molar refractivity (Wildman–Crippen MR) is 130 cm³/mol. The fourth-order valence-electron chi connectivity index (χ4n) is 5.99. The van der Waals surface area contributed by atoms with Crippen LogP contribution in [0.1, 0.15) is 58.3 Å². The van der Waals surface area contributed by atoms with Gasteiger partial charge in [-0.05, 0) is 50.9 Å². The lowest BCUT2D eigenvalue weighted by atomic mass is 10.1. The number of rotatable bonds is 6. The van der Waals surface area contributed by atoms with Crippen LogP contribution in [-0.4, -0.2) is 72.4 Å². The zero-order chi connectivity index (χ0) is 22.7. The van der Waals surface area contributed by atoms with Gasteiger partial charge in [0.05, 0.1) is 7.11 Å². The Morgan fingerprint density at radius 3 is 2.38 bits per heavy atom. The first kappa shape index (κ1) is 23.7. The molecule has 1 aromatic carbocycles. The van der Waals surface area contributed by atoms with Gasteiger partial charge in [-0.25, -0.2) is 9.80 Å². The monoisotopic (exact) mass is 445 g/mol. The topological polar surface area (TPSA) is 100 Å². The molecule has 2 aliphatic heterocycles. The lowest BCUT2D eigenvalue weighted by molar-refractivity contribution is -0.0917. The Morgan fingerprint density at radius 2 is 1.69 bits per heavy atom. The standard InChI is InChI=1S/C24H43N7O/c1-3-28-15-9-13-20(28)17-29-22(25)30(18-10-6-4-5-7-11-18)24(27)31(23(29)26)19-12-8-14-21(16-19)32-2/h8,12,14,16,18,20,22-24H,3-7,9-11,13,15,17,25-27H2,1-2H3. The van der Waals surface area contributed by atoms with Gasteiger partial charge in [0.25, 0.3) is 0 Å². The normalized spacial score (nSPS) is 31.7. The van der Waals surface area contributed by atoms with Crippen molar-refractivity contribution in [1.82, 2.24) is 14.7 Å². The van der Waals surface area contributed by atoms with Gasteiger partial charge >= 0.3 is 0 Å². The van der Waals surface area contributed by atoms with Crippen molar-refractivity contribution >= 4 is 5.69 Å². The highest BCUT2D eigenvalue weighted by Gasteiger charge is 2.46. The van der Waals surface area contributed by atoms with Gasteiger partial charge in [-0.15, -0.1) is 0 Å². The molecule has 8 heteroatoms. The number of anilines is 1. The summed E-state index contributed by atoms with van der Waals surface area (Å²) in [4.78, 5) is 9.29. The summed E-state index contributed by atoms with van der Waals surface area (Å²) in [5.41, 5.74) is 21.8. The third-order valence-corrected chi connectivity index (χ3v) is 7.79. The fourth-order valence-corrected chi connectivity index (χ4v) is 5.99. The average Bonchev–Trinajstić information content (AvgIpc) is 3.09. The third kappa shape index (κ3) is 4.76. The molecule has 0 bridgehead atoms. The Labute approximate surface area is 193 Å². The van der Waals surface area contributed by atoms with Gasteiger partial charge in [-0.3, -0.25) is 16.4 Å². The molecule has 0 amide bonds. The van der Waals surface area contributed by atoms with Crippen LogP contribution in [0, 0.1) is 0 Å². The molecule has 3 fully saturated rings. The summed E-state index contributed by atoms with van der Waals surface area (Å²) in [6.07, 6.45) is 8.71. The van der Waals surface area contributed by atoms with Crippen molar-refractivity contribution < 1.29 is 4.74 Å². The number of hydrogen-bond acceptors (Lipinski definition) is 8. The minimum atomic E-state index is -0.395. The van der Waals surface area contributed by atoms with Crippen LogP contribution in [0.2, 0.25) is 0 Å². The number of hydrogen-bond donors (Lipinski definition) is 3. The molecule has 0 radical (unpaired) electrons. The van der Waals surface area contributed by atoms with E-state index in [1.54, 1.807) is 7.11 Å². The minimum Gasteiger partial charge on any atom is -0.497 e. The van der Waals surface area contributed by atoms with Gasteiger partial charge in [0.2, 0.25) is 0 Å². The molecule has 1 aromatic rings. The Balaban J connectivity index is 1.66. The Hall–Kier alpha value is -1.42. The van der Waals surface area contributed by atoms with Crippen LogP contribution in [0.3, 0.4) is 0 Å². The molecule has 2 heterocycles. The minimum absolute atomic E-state index is 0.288. The summed E-state index contributed by atoms with van der Waals surface area (Å²) in [5, 5.41) is 0. The fraction of sp³-hybridized carbons (Fsp3) is 0.750. The van der Waals surface area contributed by atoms with Crippen LogP contribution in [0.5, 0.6) is 5.75 Å². The average molecular weight is 446 g/mol. The van der Waals surface area contributed by atoms with E-state index in [0.717, 1.165) is 43.9 Å². The number of likely N-dealkylation sites (tertiary alicyclic amines) is 1. The predicted octanol–water partition coefficient (Wildman–Crippen LogP) is 2.05. The van der Waals surface area contributed by atoms with E-state index < -0.39 is 6.29 Å². The molecule has 1 saturated carbocycles. The maximum Gasteiger partial charge on any atom is 0.139 e. The number of nitrogens with zero attached hydrogens (tertiary/aromatic N) is 4. The summed E-state index contributed by atoms with van der Waals surface area (Å²) in [6, 6.07) is 8.89. The highest BCUT2D eigenvalue weighted by Crippen LogP contribution is 2.33. The van der Waals surface area contributed by atoms with Crippen LogP contribution >= 0.6 is 0 Å². The molecular formula is C24H43N7O. The Morgan fingerprint density at radius 1 is 0.938 bits per heavy atom. The zero-order valence-corrected chi connectivity index (χ0v) is 19.9. The highest BCUT2D eigenvalue weighted by atomic mass is 16.5. The summed E-state index contributed by atoms with van der Waals surface area (Å²) in [5.74, 6) is 0.803. The first-order chi connectivity index (χ1) is 15.5. The molecule has 1 aliphatic carbocycles. The van der Waals surface area contributed by atoms with Crippen LogP contribution in [0.25, 0.3) is 0 Å². The molecule has 0 spiro atoms. The second-order valence-corrected chi connectivity index (χ2v) is 9.56. The van der Waals surface area contributed by atoms with E-state index >= 15 is 0 Å². The van der Waals surface area contributed by atoms with E-state index in [-0.39, 0.29) is 12.6 Å². The maximum absolute atomic E-state index is 6.97. The van der Waals surface area contributed by atoms with E-state index in [9.17, 15) is 0 Å². The molecule has 4 unspecified atom stereocenters. The van der Waals surface area contributed by atoms with Crippen LogP contribution in [-0.2, 0) is 0 Å². The SMILES string of the molecule is CCN1CCCC1CN1C(N)N(c2cccc(OC)c2)C(N)N(C2CCCCCC2)C1N. The summed E-state index contributed by atoms with van der Waals surface area (Å²) >= 11 is 0. The zero-order valence-electron chi connectivity index (χ0n) is 19.9. The molecule has 0 aromatic heterocycles. The van der Waals surface area contributed by atoms with Crippen molar-refractivity contribution in [3.8, 4) is 5.75 Å². The molecular weight excluding hydrogens is 402 g/mol. The lowest BCUT2D eigenvalue weighted by Crippen LogP contribution is -2.80. The molecule has 4 atom stereocenters.